The molecule has 0 saturated heterocycles. The summed E-state index contributed by atoms with van der Waals surface area (Å²) in [5, 5.41) is 0.550. The lowest BCUT2D eigenvalue weighted by Gasteiger charge is -2.07. The minimum absolute atomic E-state index is 0.424. The van der Waals surface area contributed by atoms with Gasteiger partial charge in [0, 0.05) is 15.2 Å². The summed E-state index contributed by atoms with van der Waals surface area (Å²) in [4.78, 5) is 0.621. The lowest BCUT2D eigenvalue weighted by atomic mass is 10.2. The molecule has 0 aliphatic heterocycles. The minimum Gasteiger partial charge on any atom is -0.398 e. The topological polar surface area (TPSA) is 43.1 Å². The van der Waals surface area contributed by atoms with Crippen LogP contribution in [0.2, 0.25) is 5.02 Å². The quantitative estimate of drug-likeness (QED) is 0.855. The van der Waals surface area contributed by atoms with Crippen LogP contribution in [0.1, 0.15) is 5.56 Å². The number of hydrogen-bond acceptors (Lipinski definition) is 2. The van der Waals surface area contributed by atoms with E-state index < -0.39 is 10.8 Å². The first-order valence-electron chi connectivity index (χ1n) is 5.25. The van der Waals surface area contributed by atoms with E-state index in [1.165, 1.54) is 0 Å². The molecule has 2 nitrogen and oxygen atoms in total. The summed E-state index contributed by atoms with van der Waals surface area (Å²) < 4.78 is 13.2. The summed E-state index contributed by atoms with van der Waals surface area (Å²) in [5.74, 6) is 0.424. The molecule has 0 saturated carbocycles. The fourth-order valence-corrected chi connectivity index (χ4v) is 3.58. The summed E-state index contributed by atoms with van der Waals surface area (Å²) in [6.45, 7) is 0. The molecule has 0 aromatic heterocycles. The van der Waals surface area contributed by atoms with Gasteiger partial charge < -0.3 is 5.73 Å². The molecular weight excluding hydrogens is 334 g/mol. The molecule has 0 aliphatic carbocycles. The van der Waals surface area contributed by atoms with E-state index in [2.05, 4.69) is 15.9 Å². The molecule has 1 atom stereocenters. The van der Waals surface area contributed by atoms with Crippen molar-refractivity contribution in [1.29, 1.82) is 0 Å². The van der Waals surface area contributed by atoms with E-state index in [9.17, 15) is 4.21 Å². The average Bonchev–Trinajstić information content (AvgIpc) is 2.32. The largest absolute Gasteiger partial charge is 0.398 e. The third kappa shape index (κ3) is 3.13. The van der Waals surface area contributed by atoms with Gasteiger partial charge in [0.1, 0.15) is 0 Å². The van der Waals surface area contributed by atoms with Gasteiger partial charge in [0.15, 0.2) is 0 Å². The fourth-order valence-electron chi connectivity index (χ4n) is 1.56. The highest BCUT2D eigenvalue weighted by Crippen LogP contribution is 2.25. The van der Waals surface area contributed by atoms with Gasteiger partial charge >= 0.3 is 0 Å². The summed E-state index contributed by atoms with van der Waals surface area (Å²) in [7, 11) is -1.18. The SMILES string of the molecule is Nc1cc(Cl)ccc1S(=O)Cc1ccccc1Br. The molecule has 2 rings (SSSR count). The highest BCUT2D eigenvalue weighted by molar-refractivity contribution is 9.10. The third-order valence-corrected chi connectivity index (χ3v) is 4.91. The van der Waals surface area contributed by atoms with Crippen molar-refractivity contribution < 1.29 is 4.21 Å². The lowest BCUT2D eigenvalue weighted by molar-refractivity contribution is 0.683. The van der Waals surface area contributed by atoms with Gasteiger partial charge in [-0.3, -0.25) is 4.21 Å². The predicted molar refractivity (Wildman–Crippen MR) is 80.1 cm³/mol. The molecule has 0 spiro atoms. The summed E-state index contributed by atoms with van der Waals surface area (Å²) in [6, 6.07) is 12.7. The monoisotopic (exact) mass is 343 g/mol. The number of nitrogens with two attached hydrogens (primary N) is 1. The molecule has 1 unspecified atom stereocenters. The Morgan fingerprint density at radius 3 is 2.61 bits per heavy atom. The molecule has 94 valence electrons. The van der Waals surface area contributed by atoms with Crippen LogP contribution in [0.4, 0.5) is 5.69 Å². The Labute approximate surface area is 122 Å². The van der Waals surface area contributed by atoms with Gasteiger partial charge in [0.05, 0.1) is 21.4 Å². The Kier molecular flexibility index (Phi) is 4.43. The number of hydrogen-bond donors (Lipinski definition) is 1. The van der Waals surface area contributed by atoms with Crippen LogP contribution in [0.3, 0.4) is 0 Å². The molecule has 18 heavy (non-hydrogen) atoms. The van der Waals surface area contributed by atoms with E-state index in [1.54, 1.807) is 18.2 Å². The van der Waals surface area contributed by atoms with Gasteiger partial charge in [0.2, 0.25) is 0 Å². The molecule has 0 amide bonds. The normalized spacial score (nSPS) is 12.3. The van der Waals surface area contributed by atoms with Crippen molar-refractivity contribution in [3.05, 3.63) is 57.5 Å². The molecule has 2 aromatic carbocycles. The number of nitrogen functional groups attached to an aromatic ring is 1. The third-order valence-electron chi connectivity index (χ3n) is 2.46. The first-order valence-corrected chi connectivity index (χ1v) is 7.73. The number of halogens is 2. The zero-order valence-electron chi connectivity index (χ0n) is 9.40. The van der Waals surface area contributed by atoms with E-state index in [1.807, 2.05) is 24.3 Å². The van der Waals surface area contributed by atoms with Crippen LogP contribution < -0.4 is 5.73 Å². The van der Waals surface area contributed by atoms with E-state index in [0.29, 0.717) is 21.4 Å². The number of anilines is 1. The summed E-state index contributed by atoms with van der Waals surface area (Å²) in [5.41, 5.74) is 7.28. The van der Waals surface area contributed by atoms with E-state index in [0.717, 1.165) is 10.0 Å². The number of benzene rings is 2. The van der Waals surface area contributed by atoms with Crippen molar-refractivity contribution in [2.45, 2.75) is 10.6 Å². The van der Waals surface area contributed by atoms with Crippen molar-refractivity contribution >= 4 is 44.0 Å². The number of rotatable bonds is 3. The average molecular weight is 345 g/mol. The highest BCUT2D eigenvalue weighted by Gasteiger charge is 2.10. The smallest absolute Gasteiger partial charge is 0.0621 e. The zero-order valence-corrected chi connectivity index (χ0v) is 12.6. The Hall–Kier alpha value is -0.840. The first kappa shape index (κ1) is 13.6. The molecule has 0 aliphatic rings. The molecule has 0 fully saturated rings. The lowest BCUT2D eigenvalue weighted by Crippen LogP contribution is -2.01. The minimum atomic E-state index is -1.18. The van der Waals surface area contributed by atoms with Gasteiger partial charge in [-0.1, -0.05) is 45.7 Å². The molecule has 5 heteroatoms. The second-order valence-electron chi connectivity index (χ2n) is 3.76. The van der Waals surface area contributed by atoms with E-state index in [4.69, 9.17) is 17.3 Å². The maximum Gasteiger partial charge on any atom is 0.0621 e. The van der Waals surface area contributed by atoms with Crippen LogP contribution in [-0.4, -0.2) is 4.21 Å². The molecular formula is C13H11BrClNOS. The van der Waals surface area contributed by atoms with Gasteiger partial charge in [0.25, 0.3) is 0 Å². The summed E-state index contributed by atoms with van der Waals surface area (Å²) >= 11 is 9.26. The van der Waals surface area contributed by atoms with Crippen LogP contribution in [0, 0.1) is 0 Å². The maximum atomic E-state index is 12.3. The van der Waals surface area contributed by atoms with Crippen LogP contribution in [-0.2, 0) is 16.6 Å². The van der Waals surface area contributed by atoms with Crippen molar-refractivity contribution in [2.75, 3.05) is 5.73 Å². The predicted octanol–water partition coefficient (Wildman–Crippen LogP) is 3.99. The van der Waals surface area contributed by atoms with Gasteiger partial charge in [-0.2, -0.15) is 0 Å². The van der Waals surface area contributed by atoms with E-state index >= 15 is 0 Å². The molecule has 0 radical (unpaired) electrons. The van der Waals surface area contributed by atoms with Gasteiger partial charge in [-0.15, -0.1) is 0 Å². The standard InChI is InChI=1S/C13H11BrClNOS/c14-11-4-2-1-3-9(11)8-18(17)13-6-5-10(15)7-12(13)16/h1-7H,8,16H2. The van der Waals surface area contributed by atoms with Crippen molar-refractivity contribution in [3.8, 4) is 0 Å². The second-order valence-corrected chi connectivity index (χ2v) is 6.47. The molecule has 2 N–H and O–H groups in total. The summed E-state index contributed by atoms with van der Waals surface area (Å²) in [6.07, 6.45) is 0. The van der Waals surface area contributed by atoms with E-state index in [-0.39, 0.29) is 0 Å². The molecule has 0 bridgehead atoms. The molecule has 2 aromatic rings. The Morgan fingerprint density at radius 2 is 1.94 bits per heavy atom. The van der Waals surface area contributed by atoms with Gasteiger partial charge in [-0.05, 0) is 29.8 Å². The van der Waals surface area contributed by atoms with Crippen molar-refractivity contribution in [2.24, 2.45) is 0 Å². The van der Waals surface area contributed by atoms with Crippen LogP contribution in [0.15, 0.2) is 51.8 Å². The Balaban J connectivity index is 2.25. The van der Waals surface area contributed by atoms with Crippen molar-refractivity contribution in [1.82, 2.24) is 0 Å². The van der Waals surface area contributed by atoms with Crippen molar-refractivity contribution in [3.63, 3.8) is 0 Å². The Morgan fingerprint density at radius 1 is 1.22 bits per heavy atom. The zero-order chi connectivity index (χ0) is 13.1. The fraction of sp³-hybridized carbons (Fsp3) is 0.0769. The van der Waals surface area contributed by atoms with Crippen LogP contribution in [0.25, 0.3) is 0 Å². The maximum absolute atomic E-state index is 12.3. The first-order chi connectivity index (χ1) is 8.58. The molecule has 0 heterocycles. The van der Waals surface area contributed by atoms with Crippen LogP contribution >= 0.6 is 27.5 Å². The Bertz CT molecular complexity index is 603. The highest BCUT2D eigenvalue weighted by atomic mass is 79.9. The second kappa shape index (κ2) is 5.87. The van der Waals surface area contributed by atoms with Crippen LogP contribution in [0.5, 0.6) is 0 Å². The van der Waals surface area contributed by atoms with Gasteiger partial charge in [-0.25, -0.2) is 0 Å².